The summed E-state index contributed by atoms with van der Waals surface area (Å²) in [5, 5.41) is 2.81. The van der Waals surface area contributed by atoms with Crippen molar-refractivity contribution in [3.8, 4) is 17.2 Å². The van der Waals surface area contributed by atoms with E-state index in [0.29, 0.717) is 42.1 Å². The van der Waals surface area contributed by atoms with Crippen LogP contribution in [0, 0.1) is 0 Å². The molecule has 2 aliphatic heterocycles. The first-order valence-corrected chi connectivity index (χ1v) is 11.4. The van der Waals surface area contributed by atoms with E-state index in [9.17, 15) is 9.59 Å². The maximum absolute atomic E-state index is 13.2. The Morgan fingerprint density at radius 1 is 1.19 bits per heavy atom. The second-order valence-electron chi connectivity index (χ2n) is 7.20. The molecule has 2 amide bonds. The highest BCUT2D eigenvalue weighted by molar-refractivity contribution is 8.15. The van der Waals surface area contributed by atoms with Crippen LogP contribution < -0.4 is 19.5 Å². The number of amides is 2. The average Bonchev–Trinajstić information content (AvgIpc) is 3.35. The normalized spacial score (nSPS) is 18.3. The summed E-state index contributed by atoms with van der Waals surface area (Å²) in [5.41, 5.74) is 1.60. The van der Waals surface area contributed by atoms with E-state index in [1.165, 1.54) is 11.8 Å². The van der Waals surface area contributed by atoms with Crippen LogP contribution in [0.15, 0.2) is 47.5 Å². The number of hydrogen-bond acceptors (Lipinski definition) is 7. The van der Waals surface area contributed by atoms with Gasteiger partial charge in [0.15, 0.2) is 16.7 Å². The lowest BCUT2D eigenvalue weighted by Gasteiger charge is -2.17. The predicted octanol–water partition coefficient (Wildman–Crippen LogP) is 3.47. The molecule has 0 unspecified atom stereocenters. The lowest BCUT2D eigenvalue weighted by atomic mass is 10.1. The van der Waals surface area contributed by atoms with Gasteiger partial charge in [-0.15, -0.1) is 0 Å². The molecule has 2 heterocycles. The molecule has 2 aromatic rings. The molecule has 168 valence electrons. The van der Waals surface area contributed by atoms with Gasteiger partial charge in [-0.3, -0.25) is 14.5 Å². The molecular weight excluding hydrogens is 430 g/mol. The van der Waals surface area contributed by atoms with E-state index in [4.69, 9.17) is 19.2 Å². The summed E-state index contributed by atoms with van der Waals surface area (Å²) in [6.45, 7) is 5.41. The van der Waals surface area contributed by atoms with E-state index in [1.54, 1.807) is 4.90 Å². The number of hydrogen-bond donors (Lipinski definition) is 1. The topological polar surface area (TPSA) is 89.5 Å². The fraction of sp³-hybridized carbons (Fsp3) is 0.348. The van der Waals surface area contributed by atoms with Gasteiger partial charge in [0.2, 0.25) is 18.6 Å². The smallest absolute Gasteiger partial charge is 0.242 e. The SMILES string of the molecule is CCNC(=O)C[C@H]1SC(=Nc2ccc(OCC)cc2)N(Cc2ccc3c(c2)OCO3)C1=O. The first kappa shape index (κ1) is 22.0. The molecule has 1 fully saturated rings. The van der Waals surface area contributed by atoms with Crippen molar-refractivity contribution < 1.29 is 23.8 Å². The van der Waals surface area contributed by atoms with Crippen LogP contribution >= 0.6 is 11.8 Å². The van der Waals surface area contributed by atoms with Crippen molar-refractivity contribution in [2.45, 2.75) is 32.1 Å². The van der Waals surface area contributed by atoms with Crippen LogP contribution in [0.2, 0.25) is 0 Å². The van der Waals surface area contributed by atoms with Gasteiger partial charge in [0, 0.05) is 13.0 Å². The monoisotopic (exact) mass is 455 g/mol. The second kappa shape index (κ2) is 9.95. The van der Waals surface area contributed by atoms with Crippen LogP contribution in [0.25, 0.3) is 0 Å². The predicted molar refractivity (Wildman–Crippen MR) is 123 cm³/mol. The zero-order valence-electron chi connectivity index (χ0n) is 18.0. The summed E-state index contributed by atoms with van der Waals surface area (Å²) in [5.74, 6) is 1.82. The molecule has 8 nitrogen and oxygen atoms in total. The van der Waals surface area contributed by atoms with Gasteiger partial charge in [-0.1, -0.05) is 17.8 Å². The number of amidine groups is 1. The van der Waals surface area contributed by atoms with E-state index in [-0.39, 0.29) is 25.0 Å². The van der Waals surface area contributed by atoms with E-state index < -0.39 is 5.25 Å². The summed E-state index contributed by atoms with van der Waals surface area (Å²) >= 11 is 1.31. The van der Waals surface area contributed by atoms with Gasteiger partial charge in [-0.2, -0.15) is 0 Å². The molecule has 0 aromatic heterocycles. The second-order valence-corrected chi connectivity index (χ2v) is 8.37. The number of nitrogens with zero attached hydrogens (tertiary/aromatic N) is 2. The van der Waals surface area contributed by atoms with Crippen molar-refractivity contribution >= 4 is 34.4 Å². The lowest BCUT2D eigenvalue weighted by Crippen LogP contribution is -2.34. The number of benzene rings is 2. The standard InChI is InChI=1S/C23H25N3O5S/c1-3-24-21(27)12-20-22(28)26(13-15-5-10-18-19(11-15)31-14-30-18)23(32-20)25-16-6-8-17(9-7-16)29-4-2/h5-11,20H,3-4,12-14H2,1-2H3,(H,24,27)/t20-/m1/s1. The first-order valence-electron chi connectivity index (χ1n) is 10.5. The molecule has 0 aliphatic carbocycles. The zero-order valence-corrected chi connectivity index (χ0v) is 18.8. The van der Waals surface area contributed by atoms with Gasteiger partial charge in [0.1, 0.15) is 11.0 Å². The highest BCUT2D eigenvalue weighted by atomic mass is 32.2. The van der Waals surface area contributed by atoms with Gasteiger partial charge in [-0.25, -0.2) is 4.99 Å². The molecule has 2 aromatic carbocycles. The van der Waals surface area contributed by atoms with Gasteiger partial charge >= 0.3 is 0 Å². The van der Waals surface area contributed by atoms with E-state index >= 15 is 0 Å². The van der Waals surface area contributed by atoms with Gasteiger partial charge in [0.25, 0.3) is 0 Å². The van der Waals surface area contributed by atoms with Crippen molar-refractivity contribution in [3.05, 3.63) is 48.0 Å². The molecule has 0 bridgehead atoms. The number of carbonyl (C=O) groups is 2. The van der Waals surface area contributed by atoms with E-state index in [0.717, 1.165) is 11.3 Å². The third kappa shape index (κ3) is 4.99. The minimum Gasteiger partial charge on any atom is -0.494 e. The summed E-state index contributed by atoms with van der Waals surface area (Å²) in [7, 11) is 0. The number of rotatable bonds is 8. The number of thioether (sulfide) groups is 1. The number of carbonyl (C=O) groups excluding carboxylic acids is 2. The van der Waals surface area contributed by atoms with Crippen molar-refractivity contribution in [2.75, 3.05) is 19.9 Å². The van der Waals surface area contributed by atoms with Crippen LogP contribution in [0.5, 0.6) is 17.2 Å². The molecule has 2 aliphatic rings. The molecule has 32 heavy (non-hydrogen) atoms. The fourth-order valence-corrected chi connectivity index (χ4v) is 4.58. The maximum Gasteiger partial charge on any atom is 0.242 e. The van der Waals surface area contributed by atoms with Crippen LogP contribution in [0.1, 0.15) is 25.8 Å². The van der Waals surface area contributed by atoms with Gasteiger partial charge in [-0.05, 0) is 55.8 Å². The molecule has 0 radical (unpaired) electrons. The Balaban J connectivity index is 1.58. The number of nitrogens with one attached hydrogen (secondary N) is 1. The fourth-order valence-electron chi connectivity index (χ4n) is 3.42. The van der Waals surface area contributed by atoms with Crippen LogP contribution in [0.4, 0.5) is 5.69 Å². The van der Waals surface area contributed by atoms with Crippen molar-refractivity contribution in [2.24, 2.45) is 4.99 Å². The Labute approximate surface area is 190 Å². The largest absolute Gasteiger partial charge is 0.494 e. The van der Waals surface area contributed by atoms with Gasteiger partial charge in [0.05, 0.1) is 18.8 Å². The van der Waals surface area contributed by atoms with Crippen LogP contribution in [-0.4, -0.2) is 47.1 Å². The minimum atomic E-state index is -0.517. The Morgan fingerprint density at radius 2 is 1.97 bits per heavy atom. The highest BCUT2D eigenvalue weighted by Crippen LogP contribution is 2.36. The van der Waals surface area contributed by atoms with E-state index in [2.05, 4.69) is 5.32 Å². The average molecular weight is 456 g/mol. The molecule has 9 heteroatoms. The van der Waals surface area contributed by atoms with E-state index in [1.807, 2.05) is 56.3 Å². The Bertz CT molecular complexity index is 1020. The summed E-state index contributed by atoms with van der Waals surface area (Å²) in [6.07, 6.45) is 0.108. The Morgan fingerprint density at radius 3 is 2.72 bits per heavy atom. The molecule has 1 N–H and O–H groups in total. The third-order valence-corrected chi connectivity index (χ3v) is 6.09. The number of aliphatic imine (C=N–C) groups is 1. The van der Waals surface area contributed by atoms with Crippen molar-refractivity contribution in [1.82, 2.24) is 10.2 Å². The molecule has 4 rings (SSSR count). The number of ether oxygens (including phenoxy) is 3. The quantitative estimate of drug-likeness (QED) is 0.656. The number of fused-ring (bicyclic) bond motifs is 1. The highest BCUT2D eigenvalue weighted by Gasteiger charge is 2.39. The summed E-state index contributed by atoms with van der Waals surface area (Å²) in [4.78, 5) is 31.6. The Hall–Kier alpha value is -3.20. The molecular formula is C23H25N3O5S. The Kier molecular flexibility index (Phi) is 6.84. The molecule has 1 saturated heterocycles. The van der Waals surface area contributed by atoms with Crippen LogP contribution in [0.3, 0.4) is 0 Å². The molecule has 1 atom stereocenters. The molecule has 0 spiro atoms. The summed E-state index contributed by atoms with van der Waals surface area (Å²) in [6, 6.07) is 13.0. The molecule has 0 saturated carbocycles. The first-order chi connectivity index (χ1) is 15.6. The van der Waals surface area contributed by atoms with Crippen molar-refractivity contribution in [1.29, 1.82) is 0 Å². The van der Waals surface area contributed by atoms with Gasteiger partial charge < -0.3 is 19.5 Å². The lowest BCUT2D eigenvalue weighted by molar-refractivity contribution is -0.129. The summed E-state index contributed by atoms with van der Waals surface area (Å²) < 4.78 is 16.3. The third-order valence-electron chi connectivity index (χ3n) is 4.91. The minimum absolute atomic E-state index is 0.108. The maximum atomic E-state index is 13.2. The zero-order chi connectivity index (χ0) is 22.5. The van der Waals surface area contributed by atoms with Crippen LogP contribution in [-0.2, 0) is 16.1 Å². The van der Waals surface area contributed by atoms with Crippen molar-refractivity contribution in [3.63, 3.8) is 0 Å².